The van der Waals surface area contributed by atoms with Crippen LogP contribution >= 0.6 is 12.2 Å². The Balaban J connectivity index is 1.83. The third kappa shape index (κ3) is 5.47. The quantitative estimate of drug-likeness (QED) is 0.826. The molecule has 3 nitrogen and oxygen atoms in total. The van der Waals surface area contributed by atoms with Gasteiger partial charge in [-0.15, -0.1) is 0 Å². The molecule has 0 amide bonds. The maximum atomic E-state index is 5.33. The van der Waals surface area contributed by atoms with Crippen LogP contribution in [0.25, 0.3) is 0 Å². The van der Waals surface area contributed by atoms with Crippen molar-refractivity contribution in [1.29, 1.82) is 0 Å². The second-order valence-electron chi connectivity index (χ2n) is 5.73. The third-order valence-electron chi connectivity index (χ3n) is 3.25. The first-order chi connectivity index (χ1) is 10.5. The summed E-state index contributed by atoms with van der Waals surface area (Å²) < 4.78 is 0. The van der Waals surface area contributed by atoms with Crippen LogP contribution in [0.2, 0.25) is 0 Å². The molecule has 2 N–H and O–H groups in total. The zero-order valence-electron chi connectivity index (χ0n) is 13.4. The van der Waals surface area contributed by atoms with E-state index in [-0.39, 0.29) is 0 Å². The number of anilines is 1. The lowest BCUT2D eigenvalue weighted by molar-refractivity contribution is 0.402. The van der Waals surface area contributed by atoms with Crippen LogP contribution in [0.1, 0.15) is 16.7 Å². The van der Waals surface area contributed by atoms with Gasteiger partial charge in [-0.2, -0.15) is 0 Å². The summed E-state index contributed by atoms with van der Waals surface area (Å²) in [4.78, 5) is 2.16. The van der Waals surface area contributed by atoms with Crippen molar-refractivity contribution in [1.82, 2.24) is 10.2 Å². The highest BCUT2D eigenvalue weighted by molar-refractivity contribution is 7.80. The van der Waals surface area contributed by atoms with Crippen molar-refractivity contribution in [3.63, 3.8) is 0 Å². The van der Waals surface area contributed by atoms with E-state index < -0.39 is 0 Å². The van der Waals surface area contributed by atoms with E-state index in [1.54, 1.807) is 0 Å². The Morgan fingerprint density at radius 3 is 2.36 bits per heavy atom. The van der Waals surface area contributed by atoms with Gasteiger partial charge in [0.1, 0.15) is 0 Å². The second-order valence-corrected chi connectivity index (χ2v) is 6.14. The maximum absolute atomic E-state index is 5.33. The first-order valence-electron chi connectivity index (χ1n) is 7.37. The van der Waals surface area contributed by atoms with Gasteiger partial charge in [0.2, 0.25) is 0 Å². The zero-order valence-corrected chi connectivity index (χ0v) is 14.2. The second kappa shape index (κ2) is 7.92. The molecule has 0 unspecified atom stereocenters. The number of nitrogens with zero attached hydrogens (tertiary/aromatic N) is 1. The summed E-state index contributed by atoms with van der Waals surface area (Å²) in [6.45, 7) is 3.75. The molecule has 0 aliphatic rings. The fourth-order valence-corrected chi connectivity index (χ4v) is 2.40. The van der Waals surface area contributed by atoms with E-state index in [0.717, 1.165) is 18.8 Å². The predicted molar refractivity (Wildman–Crippen MR) is 98.1 cm³/mol. The van der Waals surface area contributed by atoms with Crippen LogP contribution in [0.3, 0.4) is 0 Å². The van der Waals surface area contributed by atoms with Crippen LogP contribution in [-0.2, 0) is 13.1 Å². The number of aryl methyl sites for hydroxylation is 1. The van der Waals surface area contributed by atoms with Gasteiger partial charge >= 0.3 is 0 Å². The molecule has 0 spiro atoms. The first-order valence-corrected chi connectivity index (χ1v) is 7.78. The van der Waals surface area contributed by atoms with Gasteiger partial charge in [0.05, 0.1) is 0 Å². The number of rotatable bonds is 5. The van der Waals surface area contributed by atoms with Crippen LogP contribution in [-0.4, -0.2) is 24.1 Å². The lowest BCUT2D eigenvalue weighted by atomic mass is 10.1. The van der Waals surface area contributed by atoms with Crippen LogP contribution < -0.4 is 10.6 Å². The monoisotopic (exact) mass is 313 g/mol. The first kappa shape index (κ1) is 16.5. The van der Waals surface area contributed by atoms with Crippen molar-refractivity contribution in [3.05, 3.63) is 65.2 Å². The minimum atomic E-state index is 0.642. The van der Waals surface area contributed by atoms with E-state index in [4.69, 9.17) is 12.2 Å². The van der Waals surface area contributed by atoms with E-state index in [0.29, 0.717) is 5.11 Å². The number of hydrogen-bond donors (Lipinski definition) is 2. The number of nitrogens with one attached hydrogen (secondary N) is 2. The van der Waals surface area contributed by atoms with Gasteiger partial charge in [-0.05, 0) is 62.1 Å². The van der Waals surface area contributed by atoms with Crippen LogP contribution in [0.15, 0.2) is 48.5 Å². The molecule has 22 heavy (non-hydrogen) atoms. The van der Waals surface area contributed by atoms with E-state index in [9.17, 15) is 0 Å². The fraction of sp³-hybridized carbons (Fsp3) is 0.278. The van der Waals surface area contributed by atoms with E-state index in [1.165, 1.54) is 16.7 Å². The molecule has 4 heteroatoms. The lowest BCUT2D eigenvalue weighted by Gasteiger charge is -2.12. The average molecular weight is 313 g/mol. The highest BCUT2D eigenvalue weighted by Gasteiger charge is 2.00. The molecule has 0 saturated carbocycles. The van der Waals surface area contributed by atoms with Gasteiger partial charge in [0, 0.05) is 18.8 Å². The summed E-state index contributed by atoms with van der Waals surface area (Å²) in [5.74, 6) is 0. The Labute approximate surface area is 138 Å². The van der Waals surface area contributed by atoms with Crippen molar-refractivity contribution in [2.75, 3.05) is 19.4 Å². The minimum absolute atomic E-state index is 0.642. The Bertz CT molecular complexity index is 620. The highest BCUT2D eigenvalue weighted by atomic mass is 32.1. The van der Waals surface area contributed by atoms with Crippen molar-refractivity contribution in [2.24, 2.45) is 0 Å². The fourth-order valence-electron chi connectivity index (χ4n) is 2.21. The van der Waals surface area contributed by atoms with Crippen LogP contribution in [0, 0.1) is 6.92 Å². The van der Waals surface area contributed by atoms with Crippen LogP contribution in [0.5, 0.6) is 0 Å². The van der Waals surface area contributed by atoms with Crippen LogP contribution in [0.4, 0.5) is 5.69 Å². The topological polar surface area (TPSA) is 27.3 Å². The molecule has 0 heterocycles. The maximum Gasteiger partial charge on any atom is 0.171 e. The summed E-state index contributed by atoms with van der Waals surface area (Å²) in [6.07, 6.45) is 0. The summed E-state index contributed by atoms with van der Waals surface area (Å²) in [7, 11) is 4.15. The van der Waals surface area contributed by atoms with Gasteiger partial charge in [0.15, 0.2) is 5.11 Å². The summed E-state index contributed by atoms with van der Waals surface area (Å²) in [6, 6.07) is 16.8. The lowest BCUT2D eigenvalue weighted by Crippen LogP contribution is -2.27. The zero-order chi connectivity index (χ0) is 15.9. The smallest absolute Gasteiger partial charge is 0.171 e. The molecular formula is C18H23N3S. The molecule has 0 bridgehead atoms. The summed E-state index contributed by atoms with van der Waals surface area (Å²) in [5, 5.41) is 7.08. The Morgan fingerprint density at radius 2 is 1.73 bits per heavy atom. The molecule has 0 aliphatic carbocycles. The molecule has 116 valence electrons. The number of hydrogen-bond acceptors (Lipinski definition) is 2. The van der Waals surface area contributed by atoms with E-state index in [1.807, 2.05) is 12.1 Å². The molecule has 2 aromatic rings. The Morgan fingerprint density at radius 1 is 1.05 bits per heavy atom. The SMILES string of the molecule is Cc1cccc(NC(=S)NCc2ccc(CN(C)C)cc2)c1. The largest absolute Gasteiger partial charge is 0.358 e. The van der Waals surface area contributed by atoms with Gasteiger partial charge in [-0.1, -0.05) is 36.4 Å². The molecule has 2 rings (SSSR count). The summed E-state index contributed by atoms with van der Waals surface area (Å²) >= 11 is 5.33. The average Bonchev–Trinajstić information content (AvgIpc) is 2.46. The van der Waals surface area contributed by atoms with Crippen molar-refractivity contribution in [3.8, 4) is 0 Å². The Hall–Kier alpha value is -1.91. The number of benzene rings is 2. The normalized spacial score (nSPS) is 10.5. The molecule has 0 aromatic heterocycles. The molecule has 0 atom stereocenters. The predicted octanol–water partition coefficient (Wildman–Crippen LogP) is 3.54. The van der Waals surface area contributed by atoms with E-state index >= 15 is 0 Å². The van der Waals surface area contributed by atoms with Crippen molar-refractivity contribution in [2.45, 2.75) is 20.0 Å². The molecule has 0 aliphatic heterocycles. The molecule has 0 saturated heterocycles. The number of thiocarbonyl (C=S) groups is 1. The van der Waals surface area contributed by atoms with Gasteiger partial charge in [-0.25, -0.2) is 0 Å². The minimum Gasteiger partial charge on any atom is -0.358 e. The standard InChI is InChI=1S/C18H23N3S/c1-14-5-4-6-17(11-14)20-18(22)19-12-15-7-9-16(10-8-15)13-21(2)3/h4-11H,12-13H2,1-3H3,(H2,19,20,22). The molecule has 2 aromatic carbocycles. The Kier molecular flexibility index (Phi) is 5.92. The van der Waals surface area contributed by atoms with Crippen molar-refractivity contribution < 1.29 is 0 Å². The summed E-state index contributed by atoms with van der Waals surface area (Å²) in [5.41, 5.74) is 4.76. The highest BCUT2D eigenvalue weighted by Crippen LogP contribution is 2.10. The molecule has 0 fully saturated rings. The molecule has 0 radical (unpaired) electrons. The van der Waals surface area contributed by atoms with Gasteiger partial charge < -0.3 is 15.5 Å². The van der Waals surface area contributed by atoms with Crippen molar-refractivity contribution >= 4 is 23.0 Å². The van der Waals surface area contributed by atoms with Gasteiger partial charge in [-0.3, -0.25) is 0 Å². The van der Waals surface area contributed by atoms with E-state index in [2.05, 4.69) is 73.0 Å². The molecular weight excluding hydrogens is 290 g/mol. The third-order valence-corrected chi connectivity index (χ3v) is 3.50. The van der Waals surface area contributed by atoms with Gasteiger partial charge in [0.25, 0.3) is 0 Å².